The van der Waals surface area contributed by atoms with E-state index >= 15 is 0 Å². The van der Waals surface area contributed by atoms with Crippen molar-refractivity contribution in [2.24, 2.45) is 0 Å². The van der Waals surface area contributed by atoms with Crippen LogP contribution in [0, 0.1) is 0 Å². The van der Waals surface area contributed by atoms with E-state index in [-0.39, 0.29) is 6.61 Å². The first-order valence-electron chi connectivity index (χ1n) is 5.66. The summed E-state index contributed by atoms with van der Waals surface area (Å²) in [5.74, 6) is 1.16. The number of rotatable bonds is 4. The molecule has 0 radical (unpaired) electrons. The van der Waals surface area contributed by atoms with Crippen LogP contribution in [-0.4, -0.2) is 19.9 Å². The van der Waals surface area contributed by atoms with Crippen molar-refractivity contribution in [1.82, 2.24) is 14.8 Å². The van der Waals surface area contributed by atoms with Crippen LogP contribution in [0.4, 0.5) is 0 Å². The highest BCUT2D eigenvalue weighted by atomic mass is 35.5. The fraction of sp³-hybridized carbons (Fsp3) is 0.333. The standard InChI is InChI=1S/C12H13Cl2N3O/c1-2-6-17-10(7-18)15-16-12(17)8-4-3-5-9(13)11(8)14/h3-5,18H,2,6-7H2,1H3. The van der Waals surface area contributed by atoms with E-state index in [2.05, 4.69) is 10.2 Å². The summed E-state index contributed by atoms with van der Waals surface area (Å²) in [6.45, 7) is 2.62. The maximum atomic E-state index is 9.25. The molecule has 1 N–H and O–H groups in total. The summed E-state index contributed by atoms with van der Waals surface area (Å²) in [6, 6.07) is 5.37. The zero-order valence-electron chi connectivity index (χ0n) is 9.90. The average Bonchev–Trinajstić information content (AvgIpc) is 2.76. The van der Waals surface area contributed by atoms with Gasteiger partial charge in [-0.1, -0.05) is 36.2 Å². The molecular formula is C12H13Cl2N3O. The maximum Gasteiger partial charge on any atom is 0.165 e. The van der Waals surface area contributed by atoms with E-state index in [9.17, 15) is 5.11 Å². The number of benzene rings is 1. The Morgan fingerprint density at radius 1 is 1.28 bits per heavy atom. The predicted octanol–water partition coefficient (Wildman–Crippen LogP) is 3.15. The molecule has 0 unspecified atom stereocenters. The molecule has 2 rings (SSSR count). The molecule has 1 heterocycles. The number of nitrogens with zero attached hydrogens (tertiary/aromatic N) is 3. The molecule has 18 heavy (non-hydrogen) atoms. The molecule has 1 aromatic heterocycles. The third-order valence-corrected chi connectivity index (χ3v) is 3.43. The van der Waals surface area contributed by atoms with Gasteiger partial charge in [0.25, 0.3) is 0 Å². The van der Waals surface area contributed by atoms with E-state index in [0.29, 0.717) is 21.7 Å². The smallest absolute Gasteiger partial charge is 0.165 e. The molecule has 2 aromatic rings. The second kappa shape index (κ2) is 5.69. The summed E-state index contributed by atoms with van der Waals surface area (Å²) in [5, 5.41) is 18.2. The Hall–Kier alpha value is -1.10. The van der Waals surface area contributed by atoms with Gasteiger partial charge in [-0.25, -0.2) is 0 Å². The molecule has 0 spiro atoms. The van der Waals surface area contributed by atoms with Crippen molar-refractivity contribution in [2.75, 3.05) is 0 Å². The molecule has 96 valence electrons. The molecule has 4 nitrogen and oxygen atoms in total. The lowest BCUT2D eigenvalue weighted by molar-refractivity contribution is 0.264. The molecule has 0 bridgehead atoms. The molecule has 0 atom stereocenters. The highest BCUT2D eigenvalue weighted by Gasteiger charge is 2.16. The molecule has 0 aliphatic rings. The minimum absolute atomic E-state index is 0.148. The molecular weight excluding hydrogens is 273 g/mol. The van der Waals surface area contributed by atoms with E-state index in [1.165, 1.54) is 0 Å². The third-order valence-electron chi connectivity index (χ3n) is 2.61. The Balaban J connectivity index is 2.56. The Morgan fingerprint density at radius 3 is 2.72 bits per heavy atom. The lowest BCUT2D eigenvalue weighted by Crippen LogP contribution is -2.05. The third kappa shape index (κ3) is 2.36. The normalized spacial score (nSPS) is 10.9. The van der Waals surface area contributed by atoms with Gasteiger partial charge in [0.1, 0.15) is 6.61 Å². The Labute approximate surface area is 115 Å². The van der Waals surface area contributed by atoms with Crippen LogP contribution in [0.25, 0.3) is 11.4 Å². The first-order chi connectivity index (χ1) is 8.69. The number of hydrogen-bond acceptors (Lipinski definition) is 3. The van der Waals surface area contributed by atoms with Gasteiger partial charge in [-0.15, -0.1) is 10.2 Å². The van der Waals surface area contributed by atoms with Crippen LogP contribution >= 0.6 is 23.2 Å². The van der Waals surface area contributed by atoms with Crippen molar-refractivity contribution in [1.29, 1.82) is 0 Å². The van der Waals surface area contributed by atoms with Crippen molar-refractivity contribution >= 4 is 23.2 Å². The minimum atomic E-state index is -0.148. The van der Waals surface area contributed by atoms with Gasteiger partial charge < -0.3 is 9.67 Å². The number of aliphatic hydroxyl groups excluding tert-OH is 1. The van der Waals surface area contributed by atoms with Gasteiger partial charge in [0.2, 0.25) is 0 Å². The molecule has 0 saturated heterocycles. The number of hydrogen-bond donors (Lipinski definition) is 1. The van der Waals surface area contributed by atoms with Crippen molar-refractivity contribution in [3.8, 4) is 11.4 Å². The summed E-state index contributed by atoms with van der Waals surface area (Å²) in [5.41, 5.74) is 0.727. The van der Waals surface area contributed by atoms with Crippen LogP contribution < -0.4 is 0 Å². The quantitative estimate of drug-likeness (QED) is 0.939. The van der Waals surface area contributed by atoms with Crippen LogP contribution in [0.1, 0.15) is 19.2 Å². The molecule has 0 saturated carbocycles. The molecule has 0 fully saturated rings. The van der Waals surface area contributed by atoms with E-state index in [0.717, 1.165) is 18.5 Å². The first-order valence-corrected chi connectivity index (χ1v) is 6.42. The van der Waals surface area contributed by atoms with Crippen LogP contribution in [0.5, 0.6) is 0 Å². The highest BCUT2D eigenvalue weighted by Crippen LogP contribution is 2.32. The fourth-order valence-electron chi connectivity index (χ4n) is 1.79. The van der Waals surface area contributed by atoms with Crippen molar-refractivity contribution in [3.05, 3.63) is 34.1 Å². The topological polar surface area (TPSA) is 50.9 Å². The average molecular weight is 286 g/mol. The van der Waals surface area contributed by atoms with E-state index < -0.39 is 0 Å². The van der Waals surface area contributed by atoms with Gasteiger partial charge in [0, 0.05) is 12.1 Å². The Kier molecular flexibility index (Phi) is 4.22. The highest BCUT2D eigenvalue weighted by molar-refractivity contribution is 6.43. The van der Waals surface area contributed by atoms with Crippen molar-refractivity contribution in [3.63, 3.8) is 0 Å². The lowest BCUT2D eigenvalue weighted by atomic mass is 10.2. The van der Waals surface area contributed by atoms with Crippen LogP contribution in [-0.2, 0) is 13.2 Å². The van der Waals surface area contributed by atoms with Gasteiger partial charge in [0.15, 0.2) is 11.6 Å². The Morgan fingerprint density at radius 2 is 2.06 bits per heavy atom. The van der Waals surface area contributed by atoms with E-state index in [1.807, 2.05) is 23.6 Å². The van der Waals surface area contributed by atoms with Gasteiger partial charge in [0.05, 0.1) is 10.0 Å². The number of aromatic nitrogens is 3. The van der Waals surface area contributed by atoms with Crippen LogP contribution in [0.3, 0.4) is 0 Å². The number of halogens is 2. The van der Waals surface area contributed by atoms with Crippen molar-refractivity contribution in [2.45, 2.75) is 26.5 Å². The van der Waals surface area contributed by atoms with E-state index in [1.54, 1.807) is 6.07 Å². The summed E-state index contributed by atoms with van der Waals surface area (Å²) in [6.07, 6.45) is 0.913. The van der Waals surface area contributed by atoms with Crippen LogP contribution in [0.2, 0.25) is 10.0 Å². The lowest BCUT2D eigenvalue weighted by Gasteiger charge is -2.09. The zero-order chi connectivity index (χ0) is 13.1. The molecule has 0 aliphatic carbocycles. The molecule has 0 amide bonds. The first kappa shape index (κ1) is 13.3. The summed E-state index contributed by atoms with van der Waals surface area (Å²) in [4.78, 5) is 0. The maximum absolute atomic E-state index is 9.25. The summed E-state index contributed by atoms with van der Waals surface area (Å²) in [7, 11) is 0. The fourth-order valence-corrected chi connectivity index (χ4v) is 2.17. The van der Waals surface area contributed by atoms with E-state index in [4.69, 9.17) is 23.2 Å². The monoisotopic (exact) mass is 285 g/mol. The predicted molar refractivity (Wildman–Crippen MR) is 71.7 cm³/mol. The molecule has 0 aliphatic heterocycles. The van der Waals surface area contributed by atoms with Gasteiger partial charge in [-0.3, -0.25) is 0 Å². The Bertz CT molecular complexity index is 554. The van der Waals surface area contributed by atoms with Crippen LogP contribution in [0.15, 0.2) is 18.2 Å². The summed E-state index contributed by atoms with van der Waals surface area (Å²) < 4.78 is 1.86. The number of aliphatic hydroxyl groups is 1. The molecule has 6 heteroatoms. The van der Waals surface area contributed by atoms with Gasteiger partial charge >= 0.3 is 0 Å². The second-order valence-electron chi connectivity index (χ2n) is 3.85. The SMILES string of the molecule is CCCn1c(CO)nnc1-c1cccc(Cl)c1Cl. The molecule has 1 aromatic carbocycles. The van der Waals surface area contributed by atoms with Gasteiger partial charge in [-0.05, 0) is 18.6 Å². The largest absolute Gasteiger partial charge is 0.388 e. The minimum Gasteiger partial charge on any atom is -0.388 e. The second-order valence-corrected chi connectivity index (χ2v) is 4.64. The summed E-state index contributed by atoms with van der Waals surface area (Å²) >= 11 is 12.2. The van der Waals surface area contributed by atoms with Gasteiger partial charge in [-0.2, -0.15) is 0 Å². The van der Waals surface area contributed by atoms with Crippen molar-refractivity contribution < 1.29 is 5.11 Å². The zero-order valence-corrected chi connectivity index (χ0v) is 11.4.